The number of amides is 3. The molecule has 2 aromatic rings. The van der Waals surface area contributed by atoms with Gasteiger partial charge in [-0.1, -0.05) is 0 Å². The van der Waals surface area contributed by atoms with Gasteiger partial charge in [-0.3, -0.25) is 9.88 Å². The minimum atomic E-state index is -4.51. The number of carbonyl (C=O) groups is 2. The van der Waals surface area contributed by atoms with Gasteiger partial charge in [0, 0.05) is 34.9 Å². The van der Waals surface area contributed by atoms with Gasteiger partial charge in [0.2, 0.25) is 0 Å². The highest BCUT2D eigenvalue weighted by Gasteiger charge is 2.37. The first kappa shape index (κ1) is 28.7. The van der Waals surface area contributed by atoms with Gasteiger partial charge in [0.05, 0.1) is 11.9 Å². The summed E-state index contributed by atoms with van der Waals surface area (Å²) in [6.07, 6.45) is -4.95. The number of aromatic nitrogens is 2. The molecule has 2 aliphatic rings. The normalized spacial score (nSPS) is 20.4. The van der Waals surface area contributed by atoms with Crippen molar-refractivity contribution < 1.29 is 41.0 Å². The quantitative estimate of drug-likeness (QED) is 0.334. The van der Waals surface area contributed by atoms with E-state index in [9.17, 15) is 35.9 Å². The van der Waals surface area contributed by atoms with E-state index >= 15 is 0 Å². The fourth-order valence-corrected chi connectivity index (χ4v) is 4.41. The molecule has 202 valence electrons. The summed E-state index contributed by atoms with van der Waals surface area (Å²) in [5, 5.41) is 11.2. The highest BCUT2D eigenvalue weighted by atomic mass is 127. The van der Waals surface area contributed by atoms with Gasteiger partial charge in [0.15, 0.2) is 0 Å². The monoisotopic (exact) mass is 645 g/mol. The Morgan fingerprint density at radius 1 is 0.919 bits per heavy atom. The van der Waals surface area contributed by atoms with E-state index in [0.717, 1.165) is 18.3 Å². The molecule has 0 radical (unpaired) electrons. The average molecular weight is 645 g/mol. The van der Waals surface area contributed by atoms with E-state index < -0.39 is 29.8 Å². The number of hydrogen-bond donors (Lipinski definition) is 2. The summed E-state index contributed by atoms with van der Waals surface area (Å²) in [5.41, 5.74) is -1.50. The lowest BCUT2D eigenvalue weighted by molar-refractivity contribution is -0.141. The van der Waals surface area contributed by atoms with Crippen LogP contribution in [0.2, 0.25) is 0 Å². The topological polar surface area (TPSA) is 98.7 Å². The van der Waals surface area contributed by atoms with Gasteiger partial charge >= 0.3 is 24.5 Å². The maximum absolute atomic E-state index is 12.6. The van der Waals surface area contributed by atoms with Gasteiger partial charge in [0.25, 0.3) is 0 Å². The smallest absolute Gasteiger partial charge is 0.433 e. The van der Waals surface area contributed by atoms with Crippen LogP contribution in [-0.2, 0) is 12.4 Å². The van der Waals surface area contributed by atoms with Gasteiger partial charge in [-0.25, -0.2) is 14.6 Å². The number of halogens is 7. The lowest BCUT2D eigenvalue weighted by Gasteiger charge is -2.34. The van der Waals surface area contributed by atoms with Crippen molar-refractivity contribution in [3.05, 3.63) is 51.6 Å². The second-order valence-electron chi connectivity index (χ2n) is 8.34. The number of anilines is 1. The number of nitrogens with zero attached hydrogens (tertiary/aromatic N) is 4. The Bertz CT molecular complexity index is 1070. The number of rotatable bonds is 3. The average Bonchev–Trinajstić information content (AvgIpc) is 3.20. The van der Waals surface area contributed by atoms with Gasteiger partial charge in [-0.2, -0.15) is 26.3 Å². The molecule has 0 aromatic carbocycles. The highest BCUT2D eigenvalue weighted by molar-refractivity contribution is 14.1. The van der Waals surface area contributed by atoms with E-state index in [-0.39, 0.29) is 18.1 Å². The van der Waals surface area contributed by atoms with Gasteiger partial charge in [-0.15, -0.1) is 0 Å². The summed E-state index contributed by atoms with van der Waals surface area (Å²) in [6.45, 7) is 0.876. The number of urea groups is 1. The van der Waals surface area contributed by atoms with E-state index in [1.54, 1.807) is 4.90 Å². The van der Waals surface area contributed by atoms with Crippen LogP contribution in [0.4, 0.5) is 41.6 Å². The van der Waals surface area contributed by atoms with Crippen molar-refractivity contribution in [2.45, 2.75) is 50.1 Å². The van der Waals surface area contributed by atoms with Crippen molar-refractivity contribution in [3.8, 4) is 0 Å². The van der Waals surface area contributed by atoms with Crippen LogP contribution in [0.5, 0.6) is 0 Å². The Kier molecular flexibility index (Phi) is 9.07. The third-order valence-corrected chi connectivity index (χ3v) is 6.51. The number of carbonyl (C=O) groups excluding carboxylic acids is 1. The highest BCUT2D eigenvalue weighted by Crippen LogP contribution is 2.31. The Labute approximate surface area is 221 Å². The first-order chi connectivity index (χ1) is 17.3. The first-order valence-electron chi connectivity index (χ1n) is 11.1. The minimum Gasteiger partial charge on any atom is -0.465 e. The van der Waals surface area contributed by atoms with Gasteiger partial charge in [0.1, 0.15) is 11.4 Å². The maximum atomic E-state index is 12.6. The van der Waals surface area contributed by atoms with Crippen LogP contribution < -0.4 is 10.2 Å². The molecule has 8 nitrogen and oxygen atoms in total. The van der Waals surface area contributed by atoms with Crippen molar-refractivity contribution >= 4 is 40.4 Å². The lowest BCUT2D eigenvalue weighted by Crippen LogP contribution is -2.45. The van der Waals surface area contributed by atoms with Crippen molar-refractivity contribution in [3.63, 3.8) is 0 Å². The molecule has 2 aromatic heterocycles. The van der Waals surface area contributed by atoms with E-state index in [4.69, 9.17) is 5.11 Å². The summed E-state index contributed by atoms with van der Waals surface area (Å²) < 4.78 is 74.0. The molecule has 2 fully saturated rings. The van der Waals surface area contributed by atoms with Crippen molar-refractivity contribution in [2.75, 3.05) is 18.0 Å². The second kappa shape index (κ2) is 11.7. The number of pyridine rings is 2. The largest absolute Gasteiger partial charge is 0.465 e. The number of nitrogens with one attached hydrogen (secondary N) is 1. The molecular weight excluding hydrogens is 623 g/mol. The predicted octanol–water partition coefficient (Wildman–Crippen LogP) is 5.63. The van der Waals surface area contributed by atoms with E-state index in [1.807, 2.05) is 22.6 Å². The molecule has 1 saturated carbocycles. The van der Waals surface area contributed by atoms with Gasteiger partial charge < -0.3 is 15.3 Å². The summed E-state index contributed by atoms with van der Waals surface area (Å²) in [7, 11) is 0. The molecule has 37 heavy (non-hydrogen) atoms. The first-order valence-corrected chi connectivity index (χ1v) is 12.1. The third kappa shape index (κ3) is 7.82. The summed E-state index contributed by atoms with van der Waals surface area (Å²) in [6, 6.07) is 4.12. The molecule has 15 heteroatoms. The predicted molar refractivity (Wildman–Crippen MR) is 128 cm³/mol. The minimum absolute atomic E-state index is 0.0155. The summed E-state index contributed by atoms with van der Waals surface area (Å²) in [4.78, 5) is 33.1. The summed E-state index contributed by atoms with van der Waals surface area (Å²) in [5.74, 6) is 0. The van der Waals surface area contributed by atoms with Crippen LogP contribution in [0.1, 0.15) is 37.1 Å². The molecule has 1 saturated heterocycles. The fraction of sp³-hybridized carbons (Fsp3) is 0.455. The zero-order valence-corrected chi connectivity index (χ0v) is 21.2. The van der Waals surface area contributed by atoms with Crippen molar-refractivity contribution in [1.82, 2.24) is 20.2 Å². The molecule has 3 amide bonds. The van der Waals surface area contributed by atoms with Gasteiger partial charge in [-0.05, 0) is 72.5 Å². The molecule has 0 spiro atoms. The van der Waals surface area contributed by atoms with E-state index in [0.29, 0.717) is 48.0 Å². The van der Waals surface area contributed by atoms with Crippen LogP contribution in [0.15, 0.2) is 36.7 Å². The third-order valence-electron chi connectivity index (χ3n) is 5.87. The van der Waals surface area contributed by atoms with Crippen LogP contribution in [0, 0.1) is 3.57 Å². The van der Waals surface area contributed by atoms with E-state index in [1.165, 1.54) is 23.2 Å². The summed E-state index contributed by atoms with van der Waals surface area (Å²) >= 11 is 1.89. The van der Waals surface area contributed by atoms with Crippen LogP contribution >= 0.6 is 22.6 Å². The Morgan fingerprint density at radius 2 is 1.49 bits per heavy atom. The molecule has 4 rings (SSSR count). The van der Waals surface area contributed by atoms with Crippen LogP contribution in [0.25, 0.3) is 0 Å². The lowest BCUT2D eigenvalue weighted by atomic mass is 9.90. The molecule has 1 aliphatic heterocycles. The van der Waals surface area contributed by atoms with E-state index in [2.05, 4.69) is 15.3 Å². The van der Waals surface area contributed by atoms with Crippen molar-refractivity contribution in [1.29, 1.82) is 0 Å². The zero-order chi connectivity index (χ0) is 27.4. The standard InChI is InChI=1S/C16H19F3N4O3.C6H3F3IN/c17-16(18,19)13-6-5-12(9-20-13)23-8-7-22(15(23)26)11-3-1-10(2-4-11)21-14(24)25;7-6(8,9)5-2-1-4(10)3-11-5/h5-6,9-11,21H,1-4,7-8H2,(H,24,25);1-3H. The van der Waals surface area contributed by atoms with Crippen LogP contribution in [-0.4, -0.2) is 57.3 Å². The number of hydrogen-bond acceptors (Lipinski definition) is 4. The molecule has 2 N–H and O–H groups in total. The van der Waals surface area contributed by atoms with Crippen LogP contribution in [0.3, 0.4) is 0 Å². The molecule has 0 atom stereocenters. The van der Waals surface area contributed by atoms with Crippen molar-refractivity contribution in [2.24, 2.45) is 0 Å². The molecule has 3 heterocycles. The Balaban J connectivity index is 0.000000289. The maximum Gasteiger partial charge on any atom is 0.433 e. The molecule has 0 unspecified atom stereocenters. The zero-order valence-electron chi connectivity index (χ0n) is 19.1. The SMILES string of the molecule is FC(F)(F)c1ccc(I)cn1.O=C(O)NC1CCC(N2CCN(c3ccc(C(F)(F)F)nc3)C2=O)CC1. The fourth-order valence-electron chi connectivity index (χ4n) is 4.10. The molecular formula is C22H22F6IN5O3. The number of carboxylic acid groups (broad SMARTS) is 1. The second-order valence-corrected chi connectivity index (χ2v) is 9.59. The number of alkyl halides is 6. The molecule has 0 bridgehead atoms. The molecule has 1 aliphatic carbocycles. The Morgan fingerprint density at radius 3 is 1.95 bits per heavy atom. The Hall–Kier alpha value is -2.85.